The summed E-state index contributed by atoms with van der Waals surface area (Å²) in [4.78, 5) is 15.7. The van der Waals surface area contributed by atoms with Crippen molar-refractivity contribution < 1.29 is 9.53 Å². The molecule has 0 aliphatic heterocycles. The lowest BCUT2D eigenvalue weighted by Gasteiger charge is -2.10. The number of nitrogens with two attached hydrogens (primary N) is 1. The normalized spacial score (nSPS) is 10.5. The molecule has 1 heterocycles. The lowest BCUT2D eigenvalue weighted by molar-refractivity contribution is 0.0595. The smallest absolute Gasteiger partial charge is 0.360 e. The molecule has 0 fully saturated rings. The van der Waals surface area contributed by atoms with Gasteiger partial charge in [0.2, 0.25) is 0 Å². The van der Waals surface area contributed by atoms with Gasteiger partial charge in [0, 0.05) is 0 Å². The lowest BCUT2D eigenvalue weighted by atomic mass is 10.1. The van der Waals surface area contributed by atoms with Crippen LogP contribution in [0.4, 0.5) is 5.82 Å². The molecule has 0 spiro atoms. The van der Waals surface area contributed by atoms with Gasteiger partial charge in [-0.2, -0.15) is 0 Å². The zero-order chi connectivity index (χ0) is 14.0. The zero-order valence-electron chi connectivity index (χ0n) is 11.3. The molecule has 1 aromatic carbocycles. The first-order valence-electron chi connectivity index (χ1n) is 6.00. The molecule has 0 aliphatic carbocycles. The van der Waals surface area contributed by atoms with E-state index in [-0.39, 0.29) is 5.69 Å². The third-order valence-electron chi connectivity index (χ3n) is 3.17. The summed E-state index contributed by atoms with van der Waals surface area (Å²) in [6.07, 6.45) is 0. The first-order valence-corrected chi connectivity index (χ1v) is 6.00. The largest absolute Gasteiger partial charge is 0.464 e. The van der Waals surface area contributed by atoms with Crippen LogP contribution in [0.3, 0.4) is 0 Å². The molecule has 0 amide bonds. The molecule has 0 saturated heterocycles. The van der Waals surface area contributed by atoms with E-state index in [1.54, 1.807) is 0 Å². The van der Waals surface area contributed by atoms with E-state index in [9.17, 15) is 4.79 Å². The van der Waals surface area contributed by atoms with Gasteiger partial charge in [-0.25, -0.2) is 9.78 Å². The number of hydrogen-bond donors (Lipinski definition) is 1. The number of carbonyl (C=O) groups is 1. The first kappa shape index (κ1) is 13.1. The van der Waals surface area contributed by atoms with Crippen LogP contribution < -0.4 is 5.73 Å². The number of rotatable bonds is 3. The standard InChI is InChI=1S/C14H17N3O2/c1-9-6-4-5-7-11(9)8-17-10(2)16-12(13(17)15)14(18)19-3/h4-7H,8,15H2,1-3H3. The number of aryl methyl sites for hydroxylation is 2. The molecule has 1 aromatic heterocycles. The maximum absolute atomic E-state index is 11.5. The molecular weight excluding hydrogens is 242 g/mol. The van der Waals surface area contributed by atoms with E-state index in [0.29, 0.717) is 18.2 Å². The van der Waals surface area contributed by atoms with Crippen molar-refractivity contribution in [1.29, 1.82) is 0 Å². The third-order valence-corrected chi connectivity index (χ3v) is 3.17. The molecule has 2 rings (SSSR count). The molecule has 0 radical (unpaired) electrons. The summed E-state index contributed by atoms with van der Waals surface area (Å²) in [5.74, 6) is 0.526. The van der Waals surface area contributed by atoms with Gasteiger partial charge >= 0.3 is 5.97 Å². The number of hydrogen-bond acceptors (Lipinski definition) is 4. The fourth-order valence-corrected chi connectivity index (χ4v) is 1.99. The van der Waals surface area contributed by atoms with Crippen molar-refractivity contribution >= 4 is 11.8 Å². The summed E-state index contributed by atoms with van der Waals surface area (Å²) in [5.41, 5.74) is 8.47. The molecule has 19 heavy (non-hydrogen) atoms. The highest BCUT2D eigenvalue weighted by molar-refractivity contribution is 5.92. The van der Waals surface area contributed by atoms with Gasteiger partial charge in [0.15, 0.2) is 5.69 Å². The summed E-state index contributed by atoms with van der Waals surface area (Å²) in [5, 5.41) is 0. The molecule has 5 heteroatoms. The lowest BCUT2D eigenvalue weighted by Crippen LogP contribution is -2.10. The van der Waals surface area contributed by atoms with Crippen LogP contribution in [-0.4, -0.2) is 22.6 Å². The number of aromatic nitrogens is 2. The SMILES string of the molecule is COC(=O)c1nc(C)n(Cc2ccccc2C)c1N. The minimum absolute atomic E-state index is 0.175. The van der Waals surface area contributed by atoms with Crippen molar-refractivity contribution in [1.82, 2.24) is 9.55 Å². The van der Waals surface area contributed by atoms with Crippen molar-refractivity contribution in [2.24, 2.45) is 0 Å². The van der Waals surface area contributed by atoms with Gasteiger partial charge in [0.05, 0.1) is 13.7 Å². The second-order valence-corrected chi connectivity index (χ2v) is 4.40. The van der Waals surface area contributed by atoms with Gasteiger partial charge < -0.3 is 15.0 Å². The summed E-state index contributed by atoms with van der Waals surface area (Å²) in [6, 6.07) is 8.04. The highest BCUT2D eigenvalue weighted by atomic mass is 16.5. The van der Waals surface area contributed by atoms with Crippen LogP contribution in [0.1, 0.15) is 27.4 Å². The molecule has 0 bridgehead atoms. The number of nitrogen functional groups attached to an aromatic ring is 1. The van der Waals surface area contributed by atoms with Crippen LogP contribution in [0.15, 0.2) is 24.3 Å². The quantitative estimate of drug-likeness (QED) is 0.855. The average Bonchev–Trinajstić information content (AvgIpc) is 2.68. The Hall–Kier alpha value is -2.30. The fourth-order valence-electron chi connectivity index (χ4n) is 1.99. The third kappa shape index (κ3) is 2.45. The first-order chi connectivity index (χ1) is 9.04. The van der Waals surface area contributed by atoms with Crippen molar-refractivity contribution in [2.45, 2.75) is 20.4 Å². The van der Waals surface area contributed by atoms with Gasteiger partial charge in [-0.3, -0.25) is 0 Å². The zero-order valence-corrected chi connectivity index (χ0v) is 11.3. The highest BCUT2D eigenvalue weighted by Gasteiger charge is 2.19. The Morgan fingerprint density at radius 1 is 1.37 bits per heavy atom. The van der Waals surface area contributed by atoms with E-state index in [1.807, 2.05) is 42.7 Å². The highest BCUT2D eigenvalue weighted by Crippen LogP contribution is 2.18. The second-order valence-electron chi connectivity index (χ2n) is 4.40. The Balaban J connectivity index is 2.39. The fraction of sp³-hybridized carbons (Fsp3) is 0.286. The number of imidazole rings is 1. The van der Waals surface area contributed by atoms with Crippen LogP contribution in [0.5, 0.6) is 0 Å². The minimum atomic E-state index is -0.510. The number of anilines is 1. The Kier molecular flexibility index (Phi) is 3.55. The Bertz CT molecular complexity index is 617. The minimum Gasteiger partial charge on any atom is -0.464 e. The number of carbonyl (C=O) groups excluding carboxylic acids is 1. The van der Waals surface area contributed by atoms with Gasteiger partial charge in [0.1, 0.15) is 11.6 Å². The summed E-state index contributed by atoms with van der Waals surface area (Å²) in [7, 11) is 1.32. The van der Waals surface area contributed by atoms with Crippen molar-refractivity contribution in [3.63, 3.8) is 0 Å². The van der Waals surface area contributed by atoms with E-state index in [1.165, 1.54) is 12.7 Å². The number of methoxy groups -OCH3 is 1. The van der Waals surface area contributed by atoms with Gasteiger partial charge in [-0.05, 0) is 25.0 Å². The molecule has 0 aliphatic rings. The van der Waals surface area contributed by atoms with Gasteiger partial charge in [-0.15, -0.1) is 0 Å². The predicted molar refractivity (Wildman–Crippen MR) is 73.0 cm³/mol. The van der Waals surface area contributed by atoms with E-state index < -0.39 is 5.97 Å². The topological polar surface area (TPSA) is 70.1 Å². The molecule has 0 saturated carbocycles. The summed E-state index contributed by atoms with van der Waals surface area (Å²) >= 11 is 0. The summed E-state index contributed by atoms with van der Waals surface area (Å²) in [6.45, 7) is 4.45. The molecule has 0 atom stereocenters. The van der Waals surface area contributed by atoms with Crippen molar-refractivity contribution in [3.8, 4) is 0 Å². The van der Waals surface area contributed by atoms with E-state index in [0.717, 1.165) is 5.56 Å². The van der Waals surface area contributed by atoms with E-state index >= 15 is 0 Å². The van der Waals surface area contributed by atoms with Crippen LogP contribution in [0.25, 0.3) is 0 Å². The predicted octanol–water partition coefficient (Wildman–Crippen LogP) is 1.92. The molecule has 2 N–H and O–H groups in total. The van der Waals surface area contributed by atoms with Gasteiger partial charge in [-0.1, -0.05) is 24.3 Å². The van der Waals surface area contributed by atoms with E-state index in [4.69, 9.17) is 5.73 Å². The maximum Gasteiger partial charge on any atom is 0.360 e. The number of benzene rings is 1. The number of nitrogens with zero attached hydrogens (tertiary/aromatic N) is 2. The van der Waals surface area contributed by atoms with E-state index in [2.05, 4.69) is 9.72 Å². The average molecular weight is 259 g/mol. The maximum atomic E-state index is 11.5. The summed E-state index contributed by atoms with van der Waals surface area (Å²) < 4.78 is 6.48. The Labute approximate surface area is 112 Å². The van der Waals surface area contributed by atoms with Crippen molar-refractivity contribution in [3.05, 3.63) is 46.9 Å². The van der Waals surface area contributed by atoms with Crippen molar-refractivity contribution in [2.75, 3.05) is 12.8 Å². The molecule has 100 valence electrons. The molecule has 0 unspecified atom stereocenters. The molecular formula is C14H17N3O2. The van der Waals surface area contributed by atoms with Crippen LogP contribution in [-0.2, 0) is 11.3 Å². The Morgan fingerprint density at radius 2 is 2.05 bits per heavy atom. The number of esters is 1. The van der Waals surface area contributed by atoms with Crippen LogP contribution in [0, 0.1) is 13.8 Å². The Morgan fingerprint density at radius 3 is 2.68 bits per heavy atom. The van der Waals surface area contributed by atoms with Crippen LogP contribution >= 0.6 is 0 Å². The van der Waals surface area contributed by atoms with Crippen LogP contribution in [0.2, 0.25) is 0 Å². The van der Waals surface area contributed by atoms with Gasteiger partial charge in [0.25, 0.3) is 0 Å². The molecule has 5 nitrogen and oxygen atoms in total. The monoisotopic (exact) mass is 259 g/mol. The number of ether oxygens (including phenoxy) is 1. The second kappa shape index (κ2) is 5.14. The molecule has 2 aromatic rings.